The molecule has 3 nitrogen and oxygen atoms in total. The Kier molecular flexibility index (Phi) is 3.76. The van der Waals surface area contributed by atoms with Gasteiger partial charge in [-0.1, -0.05) is 31.5 Å². The lowest BCUT2D eigenvalue weighted by atomic mass is 10.0. The molecule has 0 saturated carbocycles. The van der Waals surface area contributed by atoms with E-state index in [4.69, 9.17) is 11.6 Å². The summed E-state index contributed by atoms with van der Waals surface area (Å²) < 4.78 is 27.7. The van der Waals surface area contributed by atoms with Crippen LogP contribution >= 0.6 is 11.6 Å². The SMILES string of the molecule is COS(=O)(=O)c1cccc(Cl)c1C(C)C. The van der Waals surface area contributed by atoms with E-state index in [9.17, 15) is 8.42 Å². The van der Waals surface area contributed by atoms with Crippen molar-refractivity contribution >= 4 is 21.7 Å². The third-order valence-corrected chi connectivity index (χ3v) is 3.74. The zero-order valence-electron chi connectivity index (χ0n) is 8.82. The van der Waals surface area contributed by atoms with Crippen molar-refractivity contribution in [2.45, 2.75) is 24.7 Å². The highest BCUT2D eigenvalue weighted by Crippen LogP contribution is 2.31. The summed E-state index contributed by atoms with van der Waals surface area (Å²) in [6.45, 7) is 3.77. The lowest BCUT2D eigenvalue weighted by Gasteiger charge is -2.13. The molecule has 84 valence electrons. The molecule has 0 aromatic heterocycles. The standard InChI is InChI=1S/C10H13ClO3S/c1-7(2)10-8(11)5-4-6-9(10)15(12,13)14-3/h4-7H,1-3H3. The maximum atomic E-state index is 11.6. The summed E-state index contributed by atoms with van der Waals surface area (Å²) in [6, 6.07) is 4.77. The summed E-state index contributed by atoms with van der Waals surface area (Å²) in [6.07, 6.45) is 0. The van der Waals surface area contributed by atoms with Crippen LogP contribution in [0.25, 0.3) is 0 Å². The molecule has 0 aliphatic heterocycles. The van der Waals surface area contributed by atoms with E-state index in [1.807, 2.05) is 13.8 Å². The monoisotopic (exact) mass is 248 g/mol. The summed E-state index contributed by atoms with van der Waals surface area (Å²) in [5.74, 6) is 0.0265. The van der Waals surface area contributed by atoms with E-state index in [0.717, 1.165) is 7.11 Å². The Bertz CT molecular complexity index is 452. The Labute approximate surface area is 95.1 Å². The van der Waals surface area contributed by atoms with E-state index >= 15 is 0 Å². The first-order valence-electron chi connectivity index (χ1n) is 4.49. The lowest BCUT2D eigenvalue weighted by Crippen LogP contribution is -2.08. The first-order valence-corrected chi connectivity index (χ1v) is 6.27. The minimum Gasteiger partial charge on any atom is -0.270 e. The molecule has 0 spiro atoms. The molecule has 1 rings (SSSR count). The van der Waals surface area contributed by atoms with E-state index in [1.54, 1.807) is 12.1 Å². The Morgan fingerprint density at radius 1 is 1.33 bits per heavy atom. The molecule has 0 unspecified atom stereocenters. The van der Waals surface area contributed by atoms with Crippen LogP contribution in [0, 0.1) is 0 Å². The average Bonchev–Trinajstić information content (AvgIpc) is 2.16. The number of halogens is 1. The highest BCUT2D eigenvalue weighted by Gasteiger charge is 2.21. The first-order chi connectivity index (χ1) is 6.90. The van der Waals surface area contributed by atoms with Gasteiger partial charge in [0.2, 0.25) is 0 Å². The van der Waals surface area contributed by atoms with Crippen molar-refractivity contribution in [2.24, 2.45) is 0 Å². The van der Waals surface area contributed by atoms with Gasteiger partial charge < -0.3 is 0 Å². The molecular formula is C10H13ClO3S. The molecule has 0 saturated heterocycles. The Morgan fingerprint density at radius 3 is 2.40 bits per heavy atom. The van der Waals surface area contributed by atoms with Gasteiger partial charge >= 0.3 is 0 Å². The van der Waals surface area contributed by atoms with Crippen molar-refractivity contribution in [3.8, 4) is 0 Å². The minimum absolute atomic E-state index is 0.0265. The predicted molar refractivity (Wildman–Crippen MR) is 59.7 cm³/mol. The second kappa shape index (κ2) is 4.51. The van der Waals surface area contributed by atoms with E-state index in [2.05, 4.69) is 4.18 Å². The molecule has 0 amide bonds. The summed E-state index contributed by atoms with van der Waals surface area (Å²) in [7, 11) is -2.54. The fourth-order valence-electron chi connectivity index (χ4n) is 1.39. The number of hydrogen-bond donors (Lipinski definition) is 0. The summed E-state index contributed by atoms with van der Waals surface area (Å²) in [5.41, 5.74) is 0.598. The predicted octanol–water partition coefficient (Wildman–Crippen LogP) is 2.80. The van der Waals surface area contributed by atoms with Crippen molar-refractivity contribution in [3.05, 3.63) is 28.8 Å². The molecule has 0 heterocycles. The highest BCUT2D eigenvalue weighted by atomic mass is 35.5. The number of rotatable bonds is 3. The maximum absolute atomic E-state index is 11.6. The van der Waals surface area contributed by atoms with E-state index in [-0.39, 0.29) is 10.8 Å². The van der Waals surface area contributed by atoms with Gasteiger partial charge in [-0.15, -0.1) is 0 Å². The molecule has 5 heteroatoms. The molecule has 15 heavy (non-hydrogen) atoms. The summed E-state index contributed by atoms with van der Waals surface area (Å²) in [5, 5.41) is 0.447. The van der Waals surface area contributed by atoms with Gasteiger partial charge in [0.1, 0.15) is 0 Å². The summed E-state index contributed by atoms with van der Waals surface area (Å²) >= 11 is 5.97. The van der Waals surface area contributed by atoms with Gasteiger partial charge in [-0.25, -0.2) is 0 Å². The van der Waals surface area contributed by atoms with Crippen molar-refractivity contribution in [1.82, 2.24) is 0 Å². The van der Waals surface area contributed by atoms with Crippen molar-refractivity contribution in [3.63, 3.8) is 0 Å². The van der Waals surface area contributed by atoms with Crippen LogP contribution in [-0.4, -0.2) is 15.5 Å². The maximum Gasteiger partial charge on any atom is 0.297 e. The van der Waals surface area contributed by atoms with Crippen LogP contribution in [0.15, 0.2) is 23.1 Å². The molecule has 0 aliphatic rings. The third-order valence-electron chi connectivity index (χ3n) is 2.08. The van der Waals surface area contributed by atoms with E-state index < -0.39 is 10.1 Å². The van der Waals surface area contributed by atoms with Crippen LogP contribution in [-0.2, 0) is 14.3 Å². The van der Waals surface area contributed by atoms with E-state index in [0.29, 0.717) is 10.6 Å². The highest BCUT2D eigenvalue weighted by molar-refractivity contribution is 7.86. The van der Waals surface area contributed by atoms with Crippen molar-refractivity contribution in [1.29, 1.82) is 0 Å². The largest absolute Gasteiger partial charge is 0.297 e. The number of hydrogen-bond acceptors (Lipinski definition) is 3. The molecule has 0 fully saturated rings. The van der Waals surface area contributed by atoms with Crippen molar-refractivity contribution < 1.29 is 12.6 Å². The molecular weight excluding hydrogens is 236 g/mol. The summed E-state index contributed by atoms with van der Waals surface area (Å²) in [4.78, 5) is 0.146. The minimum atomic E-state index is -3.68. The van der Waals surface area contributed by atoms with E-state index in [1.165, 1.54) is 6.07 Å². The van der Waals surface area contributed by atoms with Gasteiger partial charge in [-0.05, 0) is 23.6 Å². The van der Waals surface area contributed by atoms with Crippen LogP contribution < -0.4 is 0 Å². The van der Waals surface area contributed by atoms with Crippen LogP contribution in [0.3, 0.4) is 0 Å². The van der Waals surface area contributed by atoms with Crippen LogP contribution in [0.5, 0.6) is 0 Å². The van der Waals surface area contributed by atoms with Gasteiger partial charge in [-0.3, -0.25) is 4.18 Å². The van der Waals surface area contributed by atoms with Gasteiger partial charge in [0, 0.05) is 5.02 Å². The van der Waals surface area contributed by atoms with Gasteiger partial charge in [-0.2, -0.15) is 8.42 Å². The van der Waals surface area contributed by atoms with Crippen LogP contribution in [0.1, 0.15) is 25.3 Å². The second-order valence-corrected chi connectivity index (χ2v) is 5.52. The molecule has 0 N–H and O–H groups in total. The number of benzene rings is 1. The average molecular weight is 249 g/mol. The van der Waals surface area contributed by atoms with Crippen LogP contribution in [0.4, 0.5) is 0 Å². The van der Waals surface area contributed by atoms with Gasteiger partial charge in [0.25, 0.3) is 10.1 Å². The van der Waals surface area contributed by atoms with Crippen molar-refractivity contribution in [2.75, 3.05) is 7.11 Å². The lowest BCUT2D eigenvalue weighted by molar-refractivity contribution is 0.396. The Hall–Kier alpha value is -0.580. The van der Waals surface area contributed by atoms with Crippen LogP contribution in [0.2, 0.25) is 5.02 Å². The van der Waals surface area contributed by atoms with Gasteiger partial charge in [0.15, 0.2) is 0 Å². The molecule has 1 aromatic carbocycles. The topological polar surface area (TPSA) is 43.4 Å². The zero-order valence-corrected chi connectivity index (χ0v) is 10.4. The first kappa shape index (κ1) is 12.5. The molecule has 0 radical (unpaired) electrons. The smallest absolute Gasteiger partial charge is 0.270 e. The fraction of sp³-hybridized carbons (Fsp3) is 0.400. The third kappa shape index (κ3) is 2.51. The Balaban J connectivity index is 3.49. The zero-order chi connectivity index (χ0) is 11.6. The molecule has 0 bridgehead atoms. The fourth-order valence-corrected chi connectivity index (χ4v) is 2.87. The normalized spacial score (nSPS) is 12.1. The molecule has 1 aromatic rings. The molecule has 0 aliphatic carbocycles. The molecule has 0 atom stereocenters. The van der Waals surface area contributed by atoms with Gasteiger partial charge in [0.05, 0.1) is 12.0 Å². The quantitative estimate of drug-likeness (QED) is 0.773. The second-order valence-electron chi connectivity index (χ2n) is 3.43. The Morgan fingerprint density at radius 2 is 1.93 bits per heavy atom.